The highest BCUT2D eigenvalue weighted by Crippen LogP contribution is 1.81. The van der Waals surface area contributed by atoms with Gasteiger partial charge >= 0.3 is 0 Å². The van der Waals surface area contributed by atoms with Gasteiger partial charge in [-0.05, 0) is 6.92 Å². The van der Waals surface area contributed by atoms with E-state index in [9.17, 15) is 4.79 Å². The molecule has 50 valence electrons. The quantitative estimate of drug-likeness (QED) is 0.596. The van der Waals surface area contributed by atoms with Crippen molar-refractivity contribution in [1.82, 2.24) is 0 Å². The number of alkyl halides is 1. The highest BCUT2D eigenvalue weighted by molar-refractivity contribution is 6.28. The van der Waals surface area contributed by atoms with Gasteiger partial charge in [0.25, 0.3) is 0 Å². The highest BCUT2D eigenvalue weighted by atomic mass is 35.5. The van der Waals surface area contributed by atoms with Gasteiger partial charge < -0.3 is 5.73 Å². The van der Waals surface area contributed by atoms with Crippen LogP contribution < -0.4 is 5.73 Å². The number of halogens is 2. The fraction of sp³-hybridized carbons (Fsp3) is 0.750. The fourth-order valence-electron chi connectivity index (χ4n) is 0.122. The van der Waals surface area contributed by atoms with Crippen LogP contribution in [0.2, 0.25) is 0 Å². The number of ketones is 1. The molecule has 0 saturated carbocycles. The van der Waals surface area contributed by atoms with Gasteiger partial charge in [-0.2, -0.15) is 0 Å². The van der Waals surface area contributed by atoms with E-state index >= 15 is 0 Å². The Kier molecular flexibility index (Phi) is 7.40. The van der Waals surface area contributed by atoms with Crippen LogP contribution in [0, 0.1) is 0 Å². The Morgan fingerprint density at radius 3 is 2.25 bits per heavy atom. The third-order valence-corrected chi connectivity index (χ3v) is 0.903. The molecular formula is C4H9Cl2NO. The van der Waals surface area contributed by atoms with Crippen LogP contribution in [-0.4, -0.2) is 17.7 Å². The lowest BCUT2D eigenvalue weighted by Gasteiger charge is -1.95. The van der Waals surface area contributed by atoms with Gasteiger partial charge in [-0.25, -0.2) is 0 Å². The second-order valence-electron chi connectivity index (χ2n) is 1.39. The molecule has 0 aliphatic heterocycles. The van der Waals surface area contributed by atoms with Crippen molar-refractivity contribution < 1.29 is 4.79 Å². The molecule has 2 nitrogen and oxygen atoms in total. The van der Waals surface area contributed by atoms with Crippen LogP contribution in [0.5, 0.6) is 0 Å². The maximum absolute atomic E-state index is 10.3. The van der Waals surface area contributed by atoms with Gasteiger partial charge in [0, 0.05) is 0 Å². The van der Waals surface area contributed by atoms with E-state index in [2.05, 4.69) is 0 Å². The summed E-state index contributed by atoms with van der Waals surface area (Å²) in [5.41, 5.74) is 5.11. The fourth-order valence-corrected chi connectivity index (χ4v) is 0.365. The Balaban J connectivity index is 0. The molecule has 0 heterocycles. The Hall–Kier alpha value is 0.210. The average molecular weight is 158 g/mol. The summed E-state index contributed by atoms with van der Waals surface area (Å²) >= 11 is 5.12. The number of carbonyl (C=O) groups is 1. The maximum Gasteiger partial charge on any atom is 0.163 e. The molecule has 0 aromatic carbocycles. The van der Waals surface area contributed by atoms with Crippen molar-refractivity contribution in [2.24, 2.45) is 5.73 Å². The van der Waals surface area contributed by atoms with Crippen molar-refractivity contribution in [1.29, 1.82) is 0 Å². The molecule has 0 radical (unpaired) electrons. The number of hydrogen-bond acceptors (Lipinski definition) is 2. The van der Waals surface area contributed by atoms with Crippen LogP contribution in [0.1, 0.15) is 6.92 Å². The third-order valence-electron chi connectivity index (χ3n) is 0.640. The van der Waals surface area contributed by atoms with Crippen molar-refractivity contribution in [2.45, 2.75) is 13.0 Å². The molecule has 8 heavy (non-hydrogen) atoms. The van der Waals surface area contributed by atoms with Gasteiger partial charge in [0.15, 0.2) is 5.78 Å². The summed E-state index contributed by atoms with van der Waals surface area (Å²) in [7, 11) is 0. The first-order chi connectivity index (χ1) is 3.18. The standard InChI is InChI=1S/C4H8ClNO.ClH/c1-3(6)4(7)2-5;/h3H,2,6H2,1H3;1H. The molecule has 0 fully saturated rings. The first-order valence-electron chi connectivity index (χ1n) is 2.02. The van der Waals surface area contributed by atoms with E-state index in [0.29, 0.717) is 0 Å². The molecule has 0 amide bonds. The Morgan fingerprint density at radius 1 is 1.88 bits per heavy atom. The van der Waals surface area contributed by atoms with Crippen LogP contribution >= 0.6 is 24.0 Å². The van der Waals surface area contributed by atoms with Crippen molar-refractivity contribution in [3.63, 3.8) is 0 Å². The summed E-state index contributed by atoms with van der Waals surface area (Å²) in [6.07, 6.45) is 0. The number of rotatable bonds is 2. The van der Waals surface area contributed by atoms with Crippen molar-refractivity contribution >= 4 is 29.8 Å². The Bertz CT molecular complexity index is 74.4. The molecule has 0 saturated heterocycles. The van der Waals surface area contributed by atoms with Crippen molar-refractivity contribution in [3.05, 3.63) is 0 Å². The molecule has 0 bridgehead atoms. The van der Waals surface area contributed by atoms with E-state index in [1.165, 1.54) is 0 Å². The van der Waals surface area contributed by atoms with Crippen LogP contribution in [0.3, 0.4) is 0 Å². The van der Waals surface area contributed by atoms with E-state index in [1.54, 1.807) is 6.92 Å². The smallest absolute Gasteiger partial charge is 0.163 e. The molecular weight excluding hydrogens is 149 g/mol. The largest absolute Gasteiger partial charge is 0.322 e. The van der Waals surface area contributed by atoms with Gasteiger partial charge in [-0.3, -0.25) is 4.79 Å². The molecule has 1 unspecified atom stereocenters. The molecule has 0 aliphatic carbocycles. The van der Waals surface area contributed by atoms with Gasteiger partial charge in [-0.15, -0.1) is 24.0 Å². The zero-order chi connectivity index (χ0) is 5.86. The van der Waals surface area contributed by atoms with E-state index in [4.69, 9.17) is 17.3 Å². The number of nitrogens with two attached hydrogens (primary N) is 1. The topological polar surface area (TPSA) is 43.1 Å². The van der Waals surface area contributed by atoms with Crippen molar-refractivity contribution in [3.8, 4) is 0 Å². The van der Waals surface area contributed by atoms with Gasteiger partial charge in [0.05, 0.1) is 11.9 Å². The summed E-state index contributed by atoms with van der Waals surface area (Å²) in [4.78, 5) is 10.3. The molecule has 0 spiro atoms. The van der Waals surface area contributed by atoms with Crippen LogP contribution in [-0.2, 0) is 4.79 Å². The predicted octanol–water partition coefficient (Wildman–Crippen LogP) is 0.563. The second kappa shape index (κ2) is 5.35. The van der Waals surface area contributed by atoms with E-state index in [-0.39, 0.29) is 24.1 Å². The SMILES string of the molecule is CC(N)C(=O)CCl.Cl. The molecule has 0 rings (SSSR count). The van der Waals surface area contributed by atoms with Crippen LogP contribution in [0.15, 0.2) is 0 Å². The number of Topliss-reactive ketones (excluding diaryl/α,β-unsaturated/α-hetero) is 1. The lowest BCUT2D eigenvalue weighted by Crippen LogP contribution is -2.27. The molecule has 0 aromatic heterocycles. The first kappa shape index (κ1) is 11.1. The van der Waals surface area contributed by atoms with Crippen LogP contribution in [0.4, 0.5) is 0 Å². The summed E-state index contributed by atoms with van der Waals surface area (Å²) < 4.78 is 0. The molecule has 2 N–H and O–H groups in total. The molecule has 0 aromatic rings. The number of hydrogen-bond donors (Lipinski definition) is 1. The van der Waals surface area contributed by atoms with E-state index in [1.807, 2.05) is 0 Å². The lowest BCUT2D eigenvalue weighted by molar-refractivity contribution is -0.117. The summed E-state index contributed by atoms with van der Waals surface area (Å²) in [6.45, 7) is 1.62. The predicted molar refractivity (Wildman–Crippen MR) is 36.6 cm³/mol. The monoisotopic (exact) mass is 157 g/mol. The van der Waals surface area contributed by atoms with Gasteiger partial charge in [0.2, 0.25) is 0 Å². The summed E-state index contributed by atoms with van der Waals surface area (Å²) in [5, 5.41) is 0. The Morgan fingerprint density at radius 2 is 2.25 bits per heavy atom. The minimum atomic E-state index is -0.405. The highest BCUT2D eigenvalue weighted by Gasteiger charge is 2.02. The Labute approximate surface area is 59.8 Å². The average Bonchev–Trinajstić information content (AvgIpc) is 1.65. The van der Waals surface area contributed by atoms with E-state index < -0.39 is 6.04 Å². The zero-order valence-corrected chi connectivity index (χ0v) is 6.13. The minimum absolute atomic E-state index is 0. The van der Waals surface area contributed by atoms with E-state index in [0.717, 1.165) is 0 Å². The normalized spacial score (nSPS) is 11.9. The molecule has 1 atom stereocenters. The van der Waals surface area contributed by atoms with Gasteiger partial charge in [-0.1, -0.05) is 0 Å². The van der Waals surface area contributed by atoms with Crippen LogP contribution in [0.25, 0.3) is 0 Å². The molecule has 0 aliphatic rings. The first-order valence-corrected chi connectivity index (χ1v) is 2.56. The molecule has 4 heteroatoms. The third kappa shape index (κ3) is 4.37. The zero-order valence-electron chi connectivity index (χ0n) is 4.56. The lowest BCUT2D eigenvalue weighted by atomic mass is 10.3. The number of carbonyl (C=O) groups excluding carboxylic acids is 1. The minimum Gasteiger partial charge on any atom is -0.322 e. The van der Waals surface area contributed by atoms with Crippen molar-refractivity contribution in [2.75, 3.05) is 5.88 Å². The maximum atomic E-state index is 10.3. The summed E-state index contributed by atoms with van der Waals surface area (Å²) in [5.74, 6) is -0.0841. The summed E-state index contributed by atoms with van der Waals surface area (Å²) in [6, 6.07) is -0.405. The van der Waals surface area contributed by atoms with Gasteiger partial charge in [0.1, 0.15) is 0 Å². The second-order valence-corrected chi connectivity index (χ2v) is 1.66.